The molecule has 0 spiro atoms. The fourth-order valence-electron chi connectivity index (χ4n) is 1.02. The van der Waals surface area contributed by atoms with E-state index < -0.39 is 15.8 Å². The Morgan fingerprint density at radius 3 is 2.40 bits per heavy atom. The smallest absolute Gasteiger partial charge is 0.335 e. The zero-order valence-electron chi connectivity index (χ0n) is 7.69. The summed E-state index contributed by atoms with van der Waals surface area (Å²) in [5.41, 5.74) is 5.09. The zero-order chi connectivity index (χ0) is 11.8. The van der Waals surface area contributed by atoms with E-state index in [0.29, 0.717) is 0 Å². The molecule has 0 radical (unpaired) electrons. The Labute approximate surface area is 91.4 Å². The minimum absolute atomic E-state index is 0.0877. The Hall–Kier alpha value is -1.27. The first-order valence-electron chi connectivity index (χ1n) is 3.76. The van der Waals surface area contributed by atoms with E-state index in [4.69, 9.17) is 22.4 Å². The molecule has 0 heterocycles. The third-order valence-electron chi connectivity index (χ3n) is 1.74. The molecule has 0 aliphatic rings. The number of aromatic carboxylic acids is 1. The lowest BCUT2D eigenvalue weighted by Gasteiger charge is -2.06. The number of carbonyl (C=O) groups is 1. The molecule has 7 heteroatoms. The van der Waals surface area contributed by atoms with Crippen molar-refractivity contribution >= 4 is 33.1 Å². The number of benzene rings is 1. The van der Waals surface area contributed by atoms with Crippen molar-refractivity contribution in [3.05, 3.63) is 22.7 Å². The lowest BCUT2D eigenvalue weighted by molar-refractivity contribution is 0.0696. The average molecular weight is 250 g/mol. The Morgan fingerprint density at radius 1 is 1.47 bits per heavy atom. The van der Waals surface area contributed by atoms with E-state index in [0.717, 1.165) is 18.4 Å². The average Bonchev–Trinajstić information content (AvgIpc) is 2.06. The third kappa shape index (κ3) is 2.40. The topological polar surface area (TPSA) is 97.5 Å². The van der Waals surface area contributed by atoms with Crippen molar-refractivity contribution in [3.8, 4) is 0 Å². The number of nitrogen functional groups attached to an aromatic ring is 1. The van der Waals surface area contributed by atoms with E-state index in [1.807, 2.05) is 0 Å². The summed E-state index contributed by atoms with van der Waals surface area (Å²) in [5, 5.41) is 8.61. The fraction of sp³-hybridized carbons (Fsp3) is 0.125. The van der Waals surface area contributed by atoms with Gasteiger partial charge >= 0.3 is 5.97 Å². The molecule has 0 aromatic heterocycles. The van der Waals surface area contributed by atoms with Crippen LogP contribution < -0.4 is 5.73 Å². The first-order chi connectivity index (χ1) is 6.73. The minimum Gasteiger partial charge on any atom is -0.478 e. The molecule has 0 bridgehead atoms. The first kappa shape index (κ1) is 11.8. The highest BCUT2D eigenvalue weighted by Crippen LogP contribution is 2.28. The van der Waals surface area contributed by atoms with Crippen LogP contribution in [0.25, 0.3) is 0 Å². The van der Waals surface area contributed by atoms with Crippen LogP contribution in [-0.2, 0) is 9.84 Å². The molecule has 1 aromatic carbocycles. The van der Waals surface area contributed by atoms with Gasteiger partial charge in [-0.05, 0) is 12.1 Å². The van der Waals surface area contributed by atoms with Crippen LogP contribution in [0.2, 0.25) is 5.02 Å². The van der Waals surface area contributed by atoms with Crippen molar-refractivity contribution in [2.24, 2.45) is 0 Å². The highest BCUT2D eigenvalue weighted by Gasteiger charge is 2.17. The molecule has 0 atom stereocenters. The van der Waals surface area contributed by atoms with Gasteiger partial charge in [0.2, 0.25) is 0 Å². The van der Waals surface area contributed by atoms with E-state index in [-0.39, 0.29) is 21.2 Å². The van der Waals surface area contributed by atoms with Crippen molar-refractivity contribution in [1.29, 1.82) is 0 Å². The molecule has 0 saturated heterocycles. The van der Waals surface area contributed by atoms with Gasteiger partial charge in [0.05, 0.1) is 21.2 Å². The van der Waals surface area contributed by atoms with Crippen molar-refractivity contribution in [1.82, 2.24) is 0 Å². The summed E-state index contributed by atoms with van der Waals surface area (Å²) in [4.78, 5) is 10.4. The maximum absolute atomic E-state index is 11.2. The highest BCUT2D eigenvalue weighted by molar-refractivity contribution is 7.90. The van der Waals surface area contributed by atoms with Crippen LogP contribution in [0.3, 0.4) is 0 Å². The van der Waals surface area contributed by atoms with Crippen molar-refractivity contribution in [2.75, 3.05) is 12.0 Å². The quantitative estimate of drug-likeness (QED) is 0.763. The molecule has 15 heavy (non-hydrogen) atoms. The van der Waals surface area contributed by atoms with Crippen LogP contribution in [0.15, 0.2) is 17.0 Å². The fourth-order valence-corrected chi connectivity index (χ4v) is 2.15. The highest BCUT2D eigenvalue weighted by atomic mass is 35.5. The SMILES string of the molecule is CS(=O)(=O)c1cc(C(=O)O)cc(Cl)c1N. The molecule has 0 aliphatic carbocycles. The molecule has 1 aromatic rings. The summed E-state index contributed by atoms with van der Waals surface area (Å²) in [7, 11) is -3.58. The van der Waals surface area contributed by atoms with Gasteiger partial charge in [-0.2, -0.15) is 0 Å². The Bertz CT molecular complexity index is 524. The summed E-state index contributed by atoms with van der Waals surface area (Å²) in [6.07, 6.45) is 0.931. The van der Waals surface area contributed by atoms with Gasteiger partial charge in [-0.15, -0.1) is 0 Å². The van der Waals surface area contributed by atoms with Crippen LogP contribution in [0.5, 0.6) is 0 Å². The van der Waals surface area contributed by atoms with Gasteiger partial charge in [0.25, 0.3) is 0 Å². The number of nitrogens with two attached hydrogens (primary N) is 1. The zero-order valence-corrected chi connectivity index (χ0v) is 9.26. The Kier molecular flexibility index (Phi) is 2.92. The lowest BCUT2D eigenvalue weighted by Crippen LogP contribution is -2.06. The molecule has 1 rings (SSSR count). The van der Waals surface area contributed by atoms with Gasteiger partial charge in [0, 0.05) is 6.26 Å². The van der Waals surface area contributed by atoms with Crippen molar-refractivity contribution < 1.29 is 18.3 Å². The van der Waals surface area contributed by atoms with Crippen LogP contribution in [0, 0.1) is 0 Å². The van der Waals surface area contributed by atoms with E-state index in [1.165, 1.54) is 0 Å². The molecule has 0 unspecified atom stereocenters. The van der Waals surface area contributed by atoms with E-state index in [1.54, 1.807) is 0 Å². The van der Waals surface area contributed by atoms with Gasteiger partial charge in [0.15, 0.2) is 9.84 Å². The van der Waals surface area contributed by atoms with Gasteiger partial charge in [-0.3, -0.25) is 0 Å². The van der Waals surface area contributed by atoms with Crippen LogP contribution in [-0.4, -0.2) is 25.7 Å². The Balaban J connectivity index is 3.59. The summed E-state index contributed by atoms with van der Waals surface area (Å²) in [6.45, 7) is 0. The van der Waals surface area contributed by atoms with E-state index in [2.05, 4.69) is 0 Å². The second kappa shape index (κ2) is 3.71. The van der Waals surface area contributed by atoms with Gasteiger partial charge < -0.3 is 10.8 Å². The molecule has 0 aliphatic heterocycles. The second-order valence-corrected chi connectivity index (χ2v) is 5.34. The second-order valence-electron chi connectivity index (χ2n) is 2.95. The summed E-state index contributed by atoms with van der Waals surface area (Å²) < 4.78 is 22.5. The molecule has 0 saturated carbocycles. The minimum atomic E-state index is -3.58. The van der Waals surface area contributed by atoms with Gasteiger partial charge in [-0.25, -0.2) is 13.2 Å². The van der Waals surface area contributed by atoms with Gasteiger partial charge in [0.1, 0.15) is 0 Å². The summed E-state index contributed by atoms with van der Waals surface area (Å²) in [5.74, 6) is -1.26. The largest absolute Gasteiger partial charge is 0.478 e. The third-order valence-corrected chi connectivity index (χ3v) is 3.19. The molecule has 5 nitrogen and oxygen atoms in total. The van der Waals surface area contributed by atoms with Gasteiger partial charge in [-0.1, -0.05) is 11.6 Å². The van der Waals surface area contributed by atoms with E-state index in [9.17, 15) is 13.2 Å². The van der Waals surface area contributed by atoms with Crippen molar-refractivity contribution in [2.45, 2.75) is 4.90 Å². The maximum atomic E-state index is 11.2. The molecule has 0 amide bonds. The molecular formula is C8H8ClNO4S. The van der Waals surface area contributed by atoms with Crippen molar-refractivity contribution in [3.63, 3.8) is 0 Å². The number of carboxylic acid groups (broad SMARTS) is 1. The summed E-state index contributed by atoms with van der Waals surface area (Å²) in [6, 6.07) is 2.09. The molecule has 0 fully saturated rings. The monoisotopic (exact) mass is 249 g/mol. The van der Waals surface area contributed by atoms with Crippen LogP contribution in [0.4, 0.5) is 5.69 Å². The van der Waals surface area contributed by atoms with E-state index >= 15 is 0 Å². The number of rotatable bonds is 2. The van der Waals surface area contributed by atoms with Crippen LogP contribution >= 0.6 is 11.6 Å². The molecule has 3 N–H and O–H groups in total. The number of hydrogen-bond donors (Lipinski definition) is 2. The maximum Gasteiger partial charge on any atom is 0.335 e. The lowest BCUT2D eigenvalue weighted by atomic mass is 10.2. The predicted molar refractivity (Wildman–Crippen MR) is 55.9 cm³/mol. The number of anilines is 1. The first-order valence-corrected chi connectivity index (χ1v) is 6.03. The number of carboxylic acids is 1. The molecule has 82 valence electrons. The Morgan fingerprint density at radius 2 is 2.00 bits per heavy atom. The number of hydrogen-bond acceptors (Lipinski definition) is 4. The summed E-state index contributed by atoms with van der Waals surface area (Å²) >= 11 is 5.62. The molecular weight excluding hydrogens is 242 g/mol. The normalized spacial score (nSPS) is 11.3. The number of halogens is 1. The predicted octanol–water partition coefficient (Wildman–Crippen LogP) is 1.02. The number of sulfone groups is 1. The van der Waals surface area contributed by atoms with Crippen LogP contribution in [0.1, 0.15) is 10.4 Å². The standard InChI is InChI=1S/C8H8ClNO4S/c1-15(13,14)6-3-4(8(11)12)2-5(9)7(6)10/h2-3H,10H2,1H3,(H,11,12).